The number of hydrogen-bond donors (Lipinski definition) is 1. The van der Waals surface area contributed by atoms with Gasteiger partial charge in [-0.15, -0.1) is 0 Å². The van der Waals surface area contributed by atoms with Gasteiger partial charge in [-0.2, -0.15) is 13.2 Å². The highest BCUT2D eigenvalue weighted by Crippen LogP contribution is 2.36. The summed E-state index contributed by atoms with van der Waals surface area (Å²) in [7, 11) is -3.41. The monoisotopic (exact) mass is 400 g/mol. The largest absolute Gasteiger partial charge is 0.449 e. The molecule has 3 aromatic rings. The zero-order valence-electron chi connectivity index (χ0n) is 13.3. The van der Waals surface area contributed by atoms with E-state index < -0.39 is 21.8 Å². The maximum Gasteiger partial charge on any atom is 0.449 e. The second-order valence-corrected chi connectivity index (χ2v) is 8.07. The standard InChI is InChI=1S/C17H12ClF3N2O2S/c1-26(24,25)13-7-5-10(6-8-13)14-15(11-3-2-4-12(18)9-11)23-16(22-14)17(19,20)21/h2-9H,1H3,(H,22,23). The maximum atomic E-state index is 13.1. The molecule has 0 saturated carbocycles. The molecule has 1 N–H and O–H groups in total. The fraction of sp³-hybridized carbons (Fsp3) is 0.118. The summed E-state index contributed by atoms with van der Waals surface area (Å²) < 4.78 is 62.5. The second kappa shape index (κ2) is 6.44. The van der Waals surface area contributed by atoms with Gasteiger partial charge in [0.05, 0.1) is 16.3 Å². The van der Waals surface area contributed by atoms with Crippen molar-refractivity contribution in [3.63, 3.8) is 0 Å². The molecule has 3 rings (SSSR count). The lowest BCUT2D eigenvalue weighted by Crippen LogP contribution is -2.07. The number of sulfone groups is 1. The van der Waals surface area contributed by atoms with Gasteiger partial charge in [0.2, 0.25) is 5.82 Å². The lowest BCUT2D eigenvalue weighted by atomic mass is 10.1. The van der Waals surface area contributed by atoms with Gasteiger partial charge in [-0.05, 0) is 24.3 Å². The van der Waals surface area contributed by atoms with Crippen molar-refractivity contribution in [3.05, 3.63) is 59.4 Å². The van der Waals surface area contributed by atoms with Gasteiger partial charge in [0.25, 0.3) is 0 Å². The Morgan fingerprint density at radius 3 is 2.23 bits per heavy atom. The first kappa shape index (κ1) is 18.5. The first-order valence-electron chi connectivity index (χ1n) is 7.29. The van der Waals surface area contributed by atoms with Gasteiger partial charge in [0, 0.05) is 22.4 Å². The fourth-order valence-electron chi connectivity index (χ4n) is 2.43. The predicted molar refractivity (Wildman–Crippen MR) is 92.6 cm³/mol. The molecule has 0 saturated heterocycles. The first-order valence-corrected chi connectivity index (χ1v) is 9.56. The molecule has 9 heteroatoms. The molecular formula is C17H12ClF3N2O2S. The second-order valence-electron chi connectivity index (χ2n) is 5.61. The maximum absolute atomic E-state index is 13.1. The zero-order valence-corrected chi connectivity index (χ0v) is 14.9. The highest BCUT2D eigenvalue weighted by atomic mass is 35.5. The minimum Gasteiger partial charge on any atom is -0.334 e. The molecule has 0 spiro atoms. The molecule has 0 aliphatic heterocycles. The number of nitrogens with one attached hydrogen (secondary N) is 1. The Bertz CT molecular complexity index is 1060. The summed E-state index contributed by atoms with van der Waals surface area (Å²) in [6.45, 7) is 0. The molecule has 1 aromatic heterocycles. The van der Waals surface area contributed by atoms with Crippen LogP contribution in [0.5, 0.6) is 0 Å². The Morgan fingerprint density at radius 1 is 1.04 bits per heavy atom. The minimum absolute atomic E-state index is 0.0552. The Kier molecular flexibility index (Phi) is 4.58. The minimum atomic E-state index is -4.65. The quantitative estimate of drug-likeness (QED) is 0.685. The van der Waals surface area contributed by atoms with E-state index in [4.69, 9.17) is 11.6 Å². The zero-order chi connectivity index (χ0) is 19.1. The molecule has 0 atom stereocenters. The Balaban J connectivity index is 2.18. The molecule has 136 valence electrons. The number of aromatic amines is 1. The van der Waals surface area contributed by atoms with Crippen molar-refractivity contribution >= 4 is 21.4 Å². The molecule has 0 aliphatic rings. The highest BCUT2D eigenvalue weighted by molar-refractivity contribution is 7.90. The number of alkyl halides is 3. The van der Waals surface area contributed by atoms with Gasteiger partial charge in [-0.3, -0.25) is 0 Å². The molecule has 4 nitrogen and oxygen atoms in total. The third-order valence-corrected chi connectivity index (χ3v) is 5.01. The van der Waals surface area contributed by atoms with Gasteiger partial charge in [0.1, 0.15) is 0 Å². The molecule has 26 heavy (non-hydrogen) atoms. The van der Waals surface area contributed by atoms with Crippen molar-refractivity contribution in [2.75, 3.05) is 6.26 Å². The van der Waals surface area contributed by atoms with Crippen LogP contribution in [0.4, 0.5) is 13.2 Å². The van der Waals surface area contributed by atoms with Gasteiger partial charge < -0.3 is 4.98 Å². The number of hydrogen-bond acceptors (Lipinski definition) is 3. The van der Waals surface area contributed by atoms with Gasteiger partial charge in [-0.25, -0.2) is 13.4 Å². The van der Waals surface area contributed by atoms with Gasteiger partial charge >= 0.3 is 6.18 Å². The molecule has 2 aromatic carbocycles. The first-order chi connectivity index (χ1) is 12.1. The normalized spacial score (nSPS) is 12.3. The van der Waals surface area contributed by atoms with Crippen molar-refractivity contribution in [1.29, 1.82) is 0 Å². The van der Waals surface area contributed by atoms with Crippen molar-refractivity contribution in [2.24, 2.45) is 0 Å². The topological polar surface area (TPSA) is 62.8 Å². The molecule has 0 aliphatic carbocycles. The number of benzene rings is 2. The van der Waals surface area contributed by atoms with Crippen LogP contribution in [0.2, 0.25) is 5.02 Å². The molecule has 1 heterocycles. The van der Waals surface area contributed by atoms with Crippen LogP contribution in [0.25, 0.3) is 22.5 Å². The molecule has 0 unspecified atom stereocenters. The van der Waals surface area contributed by atoms with E-state index in [1.54, 1.807) is 18.2 Å². The number of nitrogens with zero attached hydrogens (tertiary/aromatic N) is 1. The smallest absolute Gasteiger partial charge is 0.334 e. The van der Waals surface area contributed by atoms with Crippen LogP contribution in [0.1, 0.15) is 5.82 Å². The van der Waals surface area contributed by atoms with Crippen LogP contribution in [-0.4, -0.2) is 24.6 Å². The lowest BCUT2D eigenvalue weighted by Gasteiger charge is -2.05. The van der Waals surface area contributed by atoms with E-state index in [-0.39, 0.29) is 16.3 Å². The van der Waals surface area contributed by atoms with Crippen LogP contribution < -0.4 is 0 Å². The summed E-state index contributed by atoms with van der Waals surface area (Å²) in [5.74, 6) is -1.14. The SMILES string of the molecule is CS(=O)(=O)c1ccc(-c2nc(C(F)(F)F)[nH]c2-c2cccc(Cl)c2)cc1. The molecule has 0 amide bonds. The van der Waals surface area contributed by atoms with Crippen molar-refractivity contribution in [3.8, 4) is 22.5 Å². The molecule has 0 fully saturated rings. The third-order valence-electron chi connectivity index (χ3n) is 3.64. The fourth-order valence-corrected chi connectivity index (χ4v) is 3.25. The van der Waals surface area contributed by atoms with E-state index in [0.717, 1.165) is 6.26 Å². The average molecular weight is 401 g/mol. The van der Waals surface area contributed by atoms with E-state index in [0.29, 0.717) is 16.1 Å². The van der Waals surface area contributed by atoms with E-state index >= 15 is 0 Å². The molecular weight excluding hydrogens is 389 g/mol. The van der Waals surface area contributed by atoms with Crippen molar-refractivity contribution < 1.29 is 21.6 Å². The summed E-state index contributed by atoms with van der Waals surface area (Å²) in [5, 5.41) is 0.365. The Labute approximate surface area is 152 Å². The van der Waals surface area contributed by atoms with Crippen molar-refractivity contribution in [2.45, 2.75) is 11.1 Å². The van der Waals surface area contributed by atoms with Crippen LogP contribution in [0.15, 0.2) is 53.4 Å². The number of halogens is 4. The van der Waals surface area contributed by atoms with Crippen LogP contribution in [0, 0.1) is 0 Å². The Hall–Kier alpha value is -2.32. The third kappa shape index (κ3) is 3.76. The highest BCUT2D eigenvalue weighted by Gasteiger charge is 2.36. The van der Waals surface area contributed by atoms with Crippen LogP contribution >= 0.6 is 11.6 Å². The summed E-state index contributed by atoms with van der Waals surface area (Å²) in [4.78, 5) is 6.04. The van der Waals surface area contributed by atoms with E-state index in [1.807, 2.05) is 0 Å². The predicted octanol–water partition coefficient (Wildman–Crippen LogP) is 4.82. The van der Waals surface area contributed by atoms with Crippen LogP contribution in [0.3, 0.4) is 0 Å². The lowest BCUT2D eigenvalue weighted by molar-refractivity contribution is -0.144. The van der Waals surface area contributed by atoms with E-state index in [9.17, 15) is 21.6 Å². The molecule has 0 bridgehead atoms. The molecule has 0 radical (unpaired) electrons. The Morgan fingerprint density at radius 2 is 1.69 bits per heavy atom. The number of imidazole rings is 1. The summed E-state index contributed by atoms with van der Waals surface area (Å²) >= 11 is 5.94. The number of aromatic nitrogens is 2. The summed E-state index contributed by atoms with van der Waals surface area (Å²) in [6.07, 6.45) is -3.60. The number of rotatable bonds is 3. The van der Waals surface area contributed by atoms with Gasteiger partial charge in [0.15, 0.2) is 9.84 Å². The number of H-pyrrole nitrogens is 1. The van der Waals surface area contributed by atoms with Gasteiger partial charge in [-0.1, -0.05) is 35.9 Å². The van der Waals surface area contributed by atoms with Crippen LogP contribution in [-0.2, 0) is 16.0 Å². The summed E-state index contributed by atoms with van der Waals surface area (Å²) in [6, 6.07) is 11.8. The van der Waals surface area contributed by atoms with E-state index in [2.05, 4.69) is 9.97 Å². The van der Waals surface area contributed by atoms with E-state index in [1.165, 1.54) is 30.3 Å². The van der Waals surface area contributed by atoms with Crippen molar-refractivity contribution in [1.82, 2.24) is 9.97 Å². The average Bonchev–Trinajstić information content (AvgIpc) is 3.00. The summed E-state index contributed by atoms with van der Waals surface area (Å²) in [5.41, 5.74) is 0.980.